The van der Waals surface area contributed by atoms with Gasteiger partial charge in [0.1, 0.15) is 0 Å². The van der Waals surface area contributed by atoms with E-state index in [4.69, 9.17) is 27.9 Å². The van der Waals surface area contributed by atoms with Crippen LogP contribution in [-0.2, 0) is 19.6 Å². The lowest BCUT2D eigenvalue weighted by Crippen LogP contribution is -2.49. The number of benzene rings is 1. The number of nitrogens with zero attached hydrogens (tertiary/aromatic N) is 2. The monoisotopic (exact) mass is 406 g/mol. The normalized spacial score (nSPS) is 22.8. The van der Waals surface area contributed by atoms with E-state index in [1.165, 1.54) is 22.5 Å². The van der Waals surface area contributed by atoms with E-state index in [2.05, 4.69) is 0 Å². The molecular formula is C16H20Cl2N2O4S. The highest BCUT2D eigenvalue weighted by atomic mass is 35.5. The lowest BCUT2D eigenvalue weighted by atomic mass is 9.98. The van der Waals surface area contributed by atoms with Gasteiger partial charge in [0.25, 0.3) is 0 Å². The Balaban J connectivity index is 1.75. The molecular weight excluding hydrogens is 387 g/mol. The number of halogens is 2. The van der Waals surface area contributed by atoms with E-state index in [0.717, 1.165) is 0 Å². The molecule has 2 aliphatic rings. The molecule has 138 valence electrons. The molecule has 0 bridgehead atoms. The first-order chi connectivity index (χ1) is 11.9. The molecule has 2 saturated heterocycles. The predicted octanol–water partition coefficient (Wildman–Crippen LogP) is 2.25. The summed E-state index contributed by atoms with van der Waals surface area (Å²) in [6, 6.07) is 4.26. The Bertz CT molecular complexity index is 751. The van der Waals surface area contributed by atoms with Gasteiger partial charge in [-0.3, -0.25) is 4.79 Å². The zero-order valence-electron chi connectivity index (χ0n) is 13.7. The van der Waals surface area contributed by atoms with Crippen molar-refractivity contribution in [3.63, 3.8) is 0 Å². The van der Waals surface area contributed by atoms with Gasteiger partial charge in [0, 0.05) is 26.2 Å². The lowest BCUT2D eigenvalue weighted by Gasteiger charge is -2.35. The van der Waals surface area contributed by atoms with Crippen molar-refractivity contribution >= 4 is 39.1 Å². The van der Waals surface area contributed by atoms with Crippen LogP contribution < -0.4 is 0 Å². The quantitative estimate of drug-likeness (QED) is 0.771. The van der Waals surface area contributed by atoms with Gasteiger partial charge in [-0.1, -0.05) is 23.2 Å². The van der Waals surface area contributed by atoms with Gasteiger partial charge in [-0.15, -0.1) is 0 Å². The number of carbonyl (C=O) groups is 1. The van der Waals surface area contributed by atoms with Gasteiger partial charge in [-0.05, 0) is 31.0 Å². The summed E-state index contributed by atoms with van der Waals surface area (Å²) in [7, 11) is -3.70. The van der Waals surface area contributed by atoms with E-state index >= 15 is 0 Å². The highest BCUT2D eigenvalue weighted by molar-refractivity contribution is 7.89. The summed E-state index contributed by atoms with van der Waals surface area (Å²) in [5, 5.41) is 0.500. The SMILES string of the molecule is O=C(C1CCCN(S(=O)(=O)c2ccc(Cl)c(Cl)c2)C1)N1CCOCC1. The van der Waals surface area contributed by atoms with Crippen molar-refractivity contribution in [2.45, 2.75) is 17.7 Å². The van der Waals surface area contributed by atoms with Gasteiger partial charge in [-0.2, -0.15) is 4.31 Å². The van der Waals surface area contributed by atoms with Crippen LogP contribution in [0.15, 0.2) is 23.1 Å². The molecule has 25 heavy (non-hydrogen) atoms. The first kappa shape index (κ1) is 18.9. The average Bonchev–Trinajstić information content (AvgIpc) is 2.64. The molecule has 2 fully saturated rings. The molecule has 1 amide bonds. The molecule has 6 nitrogen and oxygen atoms in total. The van der Waals surface area contributed by atoms with Gasteiger partial charge in [0.2, 0.25) is 15.9 Å². The lowest BCUT2D eigenvalue weighted by molar-refractivity contribution is -0.140. The third kappa shape index (κ3) is 4.11. The van der Waals surface area contributed by atoms with Crippen LogP contribution in [0.4, 0.5) is 0 Å². The molecule has 9 heteroatoms. The number of morpholine rings is 1. The van der Waals surface area contributed by atoms with Gasteiger partial charge in [-0.25, -0.2) is 8.42 Å². The predicted molar refractivity (Wildman–Crippen MR) is 95.3 cm³/mol. The third-order valence-corrected chi connectivity index (χ3v) is 7.19. The Hall–Kier alpha value is -0.860. The van der Waals surface area contributed by atoms with E-state index < -0.39 is 10.0 Å². The first-order valence-corrected chi connectivity index (χ1v) is 10.4. The van der Waals surface area contributed by atoms with E-state index in [1.54, 1.807) is 4.90 Å². The fraction of sp³-hybridized carbons (Fsp3) is 0.562. The smallest absolute Gasteiger partial charge is 0.243 e. The van der Waals surface area contributed by atoms with Crippen LogP contribution in [-0.4, -0.2) is 62.9 Å². The third-order valence-electron chi connectivity index (χ3n) is 4.58. The van der Waals surface area contributed by atoms with E-state index in [1.807, 2.05) is 0 Å². The summed E-state index contributed by atoms with van der Waals surface area (Å²) in [4.78, 5) is 14.5. The van der Waals surface area contributed by atoms with E-state index in [0.29, 0.717) is 50.7 Å². The number of carbonyl (C=O) groups excluding carboxylic acids is 1. The van der Waals surface area contributed by atoms with Crippen LogP contribution in [0.5, 0.6) is 0 Å². The molecule has 1 aromatic carbocycles. The number of amides is 1. The molecule has 1 aromatic rings. The minimum Gasteiger partial charge on any atom is -0.378 e. The Morgan fingerprint density at radius 3 is 2.52 bits per heavy atom. The molecule has 3 rings (SSSR count). The standard InChI is InChI=1S/C16H20Cl2N2O4S/c17-14-4-3-13(10-15(14)18)25(22,23)20-5-1-2-12(11-20)16(21)19-6-8-24-9-7-19/h3-4,10,12H,1-2,5-9,11H2. The Labute approximate surface area is 157 Å². The molecule has 0 aromatic heterocycles. The van der Waals surface area contributed by atoms with Gasteiger partial charge < -0.3 is 9.64 Å². The molecule has 2 aliphatic heterocycles. The number of hydrogen-bond donors (Lipinski definition) is 0. The second-order valence-corrected chi connectivity index (χ2v) is 8.97. The van der Waals surface area contributed by atoms with Gasteiger partial charge >= 0.3 is 0 Å². The molecule has 2 heterocycles. The number of ether oxygens (including phenoxy) is 1. The summed E-state index contributed by atoms with van der Waals surface area (Å²) in [6.07, 6.45) is 1.35. The number of sulfonamides is 1. The number of hydrogen-bond acceptors (Lipinski definition) is 4. The minimum atomic E-state index is -3.70. The van der Waals surface area contributed by atoms with Crippen LogP contribution in [0.3, 0.4) is 0 Å². The highest BCUT2D eigenvalue weighted by Gasteiger charge is 2.35. The van der Waals surface area contributed by atoms with Crippen molar-refractivity contribution in [1.29, 1.82) is 0 Å². The summed E-state index contributed by atoms with van der Waals surface area (Å²) < 4.78 is 32.4. The van der Waals surface area contributed by atoms with Gasteiger partial charge in [0.05, 0.1) is 34.1 Å². The maximum absolute atomic E-state index is 12.9. The van der Waals surface area contributed by atoms with E-state index in [-0.39, 0.29) is 28.3 Å². The number of piperidine rings is 1. The fourth-order valence-electron chi connectivity index (χ4n) is 3.19. The second-order valence-electron chi connectivity index (χ2n) is 6.22. The van der Waals surface area contributed by atoms with Crippen LogP contribution in [0, 0.1) is 5.92 Å². The van der Waals surface area contributed by atoms with Crippen LogP contribution >= 0.6 is 23.2 Å². The maximum Gasteiger partial charge on any atom is 0.243 e. The molecule has 0 saturated carbocycles. The largest absolute Gasteiger partial charge is 0.378 e. The zero-order chi connectivity index (χ0) is 18.0. The zero-order valence-corrected chi connectivity index (χ0v) is 16.0. The topological polar surface area (TPSA) is 66.9 Å². The summed E-state index contributed by atoms with van der Waals surface area (Å²) in [6.45, 7) is 2.78. The van der Waals surface area contributed by atoms with Gasteiger partial charge in [0.15, 0.2) is 0 Å². The Morgan fingerprint density at radius 2 is 1.84 bits per heavy atom. The minimum absolute atomic E-state index is 0.0114. The average molecular weight is 407 g/mol. The van der Waals surface area contributed by atoms with Crippen LogP contribution in [0.2, 0.25) is 10.0 Å². The maximum atomic E-state index is 12.9. The van der Waals surface area contributed by atoms with Crippen molar-refractivity contribution in [2.75, 3.05) is 39.4 Å². The summed E-state index contributed by atoms with van der Waals surface area (Å²) in [5.41, 5.74) is 0. The molecule has 1 unspecified atom stereocenters. The van der Waals surface area contributed by atoms with Crippen LogP contribution in [0.25, 0.3) is 0 Å². The molecule has 1 atom stereocenters. The molecule has 0 spiro atoms. The molecule has 0 N–H and O–H groups in total. The second kappa shape index (κ2) is 7.80. The summed E-state index contributed by atoms with van der Waals surface area (Å²) >= 11 is 11.8. The fourth-order valence-corrected chi connectivity index (χ4v) is 5.10. The van der Waals surface area contributed by atoms with Crippen molar-refractivity contribution in [3.05, 3.63) is 28.2 Å². The van der Waals surface area contributed by atoms with Crippen molar-refractivity contribution in [3.8, 4) is 0 Å². The molecule has 0 radical (unpaired) electrons. The highest BCUT2D eigenvalue weighted by Crippen LogP contribution is 2.29. The van der Waals surface area contributed by atoms with E-state index in [9.17, 15) is 13.2 Å². The van der Waals surface area contributed by atoms with Crippen molar-refractivity contribution in [2.24, 2.45) is 5.92 Å². The Morgan fingerprint density at radius 1 is 1.12 bits per heavy atom. The van der Waals surface area contributed by atoms with Crippen LogP contribution in [0.1, 0.15) is 12.8 Å². The first-order valence-electron chi connectivity index (χ1n) is 8.21. The molecule has 0 aliphatic carbocycles. The van der Waals surface area contributed by atoms with Crippen molar-refractivity contribution < 1.29 is 17.9 Å². The Kier molecular flexibility index (Phi) is 5.90. The number of rotatable bonds is 3. The summed E-state index contributed by atoms with van der Waals surface area (Å²) in [5.74, 6) is -0.304. The van der Waals surface area contributed by atoms with Crippen molar-refractivity contribution in [1.82, 2.24) is 9.21 Å².